The zero-order chi connectivity index (χ0) is 11.4. The lowest BCUT2D eigenvalue weighted by atomic mass is 10.2. The van der Waals surface area contributed by atoms with E-state index >= 15 is 0 Å². The smallest absolute Gasteiger partial charge is 0.169 e. The molecule has 2 heterocycles. The van der Waals surface area contributed by atoms with Gasteiger partial charge in [-0.25, -0.2) is 0 Å². The Labute approximate surface area is 109 Å². The highest BCUT2D eigenvalue weighted by Crippen LogP contribution is 2.26. The number of hydrogen-bond acceptors (Lipinski definition) is 4. The predicted octanol–water partition coefficient (Wildman–Crippen LogP) is 2.48. The highest BCUT2D eigenvalue weighted by atomic mass is 79.9. The van der Waals surface area contributed by atoms with E-state index in [2.05, 4.69) is 20.8 Å². The third-order valence-electron chi connectivity index (χ3n) is 2.84. The van der Waals surface area contributed by atoms with Gasteiger partial charge >= 0.3 is 0 Å². The molecule has 1 saturated heterocycles. The number of thioether (sulfide) groups is 1. The van der Waals surface area contributed by atoms with E-state index in [0.29, 0.717) is 6.54 Å². The Kier molecular flexibility index (Phi) is 4.76. The molecule has 0 radical (unpaired) electrons. The Morgan fingerprint density at radius 3 is 3.00 bits per heavy atom. The standard InChI is InChI=1S/C11H17BrN2OS/c12-11-3-2-10(15-11)9(8-13)14-4-1-6-16-7-5-14/h2-3,9H,1,4-8,13H2. The van der Waals surface area contributed by atoms with Gasteiger partial charge in [0.2, 0.25) is 0 Å². The minimum absolute atomic E-state index is 0.227. The SMILES string of the molecule is NCC(c1ccc(Br)o1)N1CCCSCC1. The molecule has 16 heavy (non-hydrogen) atoms. The van der Waals surface area contributed by atoms with Crippen molar-refractivity contribution in [3.8, 4) is 0 Å². The van der Waals surface area contributed by atoms with E-state index in [4.69, 9.17) is 10.2 Å². The van der Waals surface area contributed by atoms with Gasteiger partial charge in [0.15, 0.2) is 4.67 Å². The lowest BCUT2D eigenvalue weighted by Gasteiger charge is -2.27. The summed E-state index contributed by atoms with van der Waals surface area (Å²) in [4.78, 5) is 2.44. The molecule has 0 aromatic carbocycles. The average molecular weight is 305 g/mol. The fraction of sp³-hybridized carbons (Fsp3) is 0.636. The van der Waals surface area contributed by atoms with Crippen LogP contribution in [0.5, 0.6) is 0 Å². The Morgan fingerprint density at radius 1 is 1.44 bits per heavy atom. The largest absolute Gasteiger partial charge is 0.453 e. The van der Waals surface area contributed by atoms with Crippen LogP contribution < -0.4 is 5.73 Å². The van der Waals surface area contributed by atoms with Crippen LogP contribution in [0.2, 0.25) is 0 Å². The van der Waals surface area contributed by atoms with E-state index in [1.165, 1.54) is 17.9 Å². The van der Waals surface area contributed by atoms with Gasteiger partial charge in [0.05, 0.1) is 6.04 Å². The summed E-state index contributed by atoms with van der Waals surface area (Å²) in [5.41, 5.74) is 5.87. The molecule has 1 aliphatic heterocycles. The molecule has 0 amide bonds. The number of nitrogens with two attached hydrogens (primary N) is 1. The number of halogens is 1. The fourth-order valence-corrected chi connectivity index (χ4v) is 3.25. The van der Waals surface area contributed by atoms with Crippen molar-refractivity contribution in [1.29, 1.82) is 0 Å². The molecule has 2 N–H and O–H groups in total. The van der Waals surface area contributed by atoms with Crippen molar-refractivity contribution in [2.45, 2.75) is 12.5 Å². The number of nitrogens with zero attached hydrogens (tertiary/aromatic N) is 1. The average Bonchev–Trinajstić information content (AvgIpc) is 2.55. The first-order chi connectivity index (χ1) is 7.81. The molecule has 3 nitrogen and oxygen atoms in total. The van der Waals surface area contributed by atoms with Gasteiger partial charge < -0.3 is 10.2 Å². The quantitative estimate of drug-likeness (QED) is 0.931. The molecule has 0 saturated carbocycles. The molecule has 1 fully saturated rings. The van der Waals surface area contributed by atoms with Crippen molar-refractivity contribution in [3.63, 3.8) is 0 Å². The van der Waals surface area contributed by atoms with E-state index in [1.54, 1.807) is 0 Å². The van der Waals surface area contributed by atoms with Crippen molar-refractivity contribution in [1.82, 2.24) is 4.90 Å². The second kappa shape index (κ2) is 6.10. The molecule has 90 valence electrons. The molecule has 1 aromatic rings. The van der Waals surface area contributed by atoms with E-state index in [1.807, 2.05) is 23.9 Å². The molecule has 0 aliphatic carbocycles. The summed E-state index contributed by atoms with van der Waals surface area (Å²) in [6.07, 6.45) is 1.24. The number of rotatable bonds is 3. The molecule has 5 heteroatoms. The second-order valence-electron chi connectivity index (χ2n) is 3.90. The third-order valence-corrected chi connectivity index (χ3v) is 4.32. The lowest BCUT2D eigenvalue weighted by Crippen LogP contribution is -2.35. The molecule has 1 aromatic heterocycles. The molecule has 0 spiro atoms. The van der Waals surface area contributed by atoms with Gasteiger partial charge in [0.25, 0.3) is 0 Å². The minimum Gasteiger partial charge on any atom is -0.453 e. The van der Waals surface area contributed by atoms with E-state index in [-0.39, 0.29) is 6.04 Å². The first kappa shape index (κ1) is 12.5. The van der Waals surface area contributed by atoms with Crippen molar-refractivity contribution in [3.05, 3.63) is 22.6 Å². The number of furan rings is 1. The molecular weight excluding hydrogens is 288 g/mol. The van der Waals surface area contributed by atoms with Crippen LogP contribution in [0.25, 0.3) is 0 Å². The highest BCUT2D eigenvalue weighted by molar-refractivity contribution is 9.10. The van der Waals surface area contributed by atoms with Gasteiger partial charge in [0.1, 0.15) is 5.76 Å². The van der Waals surface area contributed by atoms with Crippen molar-refractivity contribution in [2.75, 3.05) is 31.1 Å². The van der Waals surface area contributed by atoms with Crippen LogP contribution in [0.15, 0.2) is 21.2 Å². The summed E-state index contributed by atoms with van der Waals surface area (Å²) in [7, 11) is 0. The van der Waals surface area contributed by atoms with E-state index in [9.17, 15) is 0 Å². The monoisotopic (exact) mass is 304 g/mol. The molecule has 1 unspecified atom stereocenters. The molecular formula is C11H17BrN2OS. The summed E-state index contributed by atoms with van der Waals surface area (Å²) in [6.45, 7) is 2.84. The zero-order valence-corrected chi connectivity index (χ0v) is 11.6. The predicted molar refractivity (Wildman–Crippen MR) is 71.7 cm³/mol. The first-order valence-electron chi connectivity index (χ1n) is 5.58. The van der Waals surface area contributed by atoms with Crippen molar-refractivity contribution < 1.29 is 4.42 Å². The summed E-state index contributed by atoms with van der Waals surface area (Å²) < 4.78 is 6.40. The maximum Gasteiger partial charge on any atom is 0.169 e. The van der Waals surface area contributed by atoms with Crippen molar-refractivity contribution >= 4 is 27.7 Å². The van der Waals surface area contributed by atoms with Gasteiger partial charge in [0, 0.05) is 18.8 Å². The van der Waals surface area contributed by atoms with Crippen LogP contribution in [0.3, 0.4) is 0 Å². The van der Waals surface area contributed by atoms with Gasteiger partial charge in [-0.05, 0) is 46.8 Å². The maximum absolute atomic E-state index is 5.87. The lowest BCUT2D eigenvalue weighted by molar-refractivity contribution is 0.191. The fourth-order valence-electron chi connectivity index (χ4n) is 2.03. The van der Waals surface area contributed by atoms with Gasteiger partial charge in [-0.1, -0.05) is 0 Å². The Morgan fingerprint density at radius 2 is 2.31 bits per heavy atom. The maximum atomic E-state index is 5.87. The Hall–Kier alpha value is 0.0300. The van der Waals surface area contributed by atoms with Gasteiger partial charge in [-0.15, -0.1) is 0 Å². The Bertz CT molecular complexity index is 324. The molecule has 1 atom stereocenters. The van der Waals surface area contributed by atoms with Crippen LogP contribution >= 0.6 is 27.7 Å². The minimum atomic E-state index is 0.227. The van der Waals surface area contributed by atoms with Crippen LogP contribution in [0.4, 0.5) is 0 Å². The zero-order valence-electron chi connectivity index (χ0n) is 9.19. The normalized spacial score (nSPS) is 20.6. The van der Waals surface area contributed by atoms with Crippen LogP contribution in [0, 0.1) is 0 Å². The van der Waals surface area contributed by atoms with Crippen LogP contribution in [-0.4, -0.2) is 36.0 Å². The summed E-state index contributed by atoms with van der Waals surface area (Å²) in [6, 6.07) is 4.18. The second-order valence-corrected chi connectivity index (χ2v) is 5.90. The number of hydrogen-bond donors (Lipinski definition) is 1. The highest BCUT2D eigenvalue weighted by Gasteiger charge is 2.22. The topological polar surface area (TPSA) is 42.4 Å². The van der Waals surface area contributed by atoms with Gasteiger partial charge in [-0.2, -0.15) is 11.8 Å². The third kappa shape index (κ3) is 3.03. The van der Waals surface area contributed by atoms with Gasteiger partial charge in [-0.3, -0.25) is 4.90 Å². The van der Waals surface area contributed by atoms with Crippen molar-refractivity contribution in [2.24, 2.45) is 5.73 Å². The van der Waals surface area contributed by atoms with E-state index < -0.39 is 0 Å². The van der Waals surface area contributed by atoms with Crippen LogP contribution in [-0.2, 0) is 0 Å². The Balaban J connectivity index is 2.08. The van der Waals surface area contributed by atoms with Crippen LogP contribution in [0.1, 0.15) is 18.2 Å². The molecule has 0 bridgehead atoms. The summed E-state index contributed by atoms with van der Waals surface area (Å²) in [5.74, 6) is 3.43. The van der Waals surface area contributed by atoms with E-state index in [0.717, 1.165) is 23.5 Å². The molecule has 1 aliphatic rings. The summed E-state index contributed by atoms with van der Waals surface area (Å²) in [5, 5.41) is 0. The molecule has 2 rings (SSSR count). The summed E-state index contributed by atoms with van der Waals surface area (Å²) >= 11 is 5.36. The first-order valence-corrected chi connectivity index (χ1v) is 7.53.